The van der Waals surface area contributed by atoms with Crippen molar-refractivity contribution in [2.24, 2.45) is 0 Å². The maximum Gasteiger partial charge on any atom is 0.258 e. The zero-order valence-corrected chi connectivity index (χ0v) is 11.1. The van der Waals surface area contributed by atoms with Crippen molar-refractivity contribution in [3.8, 4) is 5.95 Å². The molecule has 9 nitrogen and oxygen atoms in total. The van der Waals surface area contributed by atoms with Gasteiger partial charge in [-0.15, -0.1) is 0 Å². The first-order valence-corrected chi connectivity index (χ1v) is 5.82. The van der Waals surface area contributed by atoms with Gasteiger partial charge in [-0.1, -0.05) is 0 Å². The van der Waals surface area contributed by atoms with Crippen LogP contribution in [0.3, 0.4) is 0 Å². The highest BCUT2D eigenvalue weighted by atomic mass is 15.4. The molecule has 0 aliphatic heterocycles. The largest absolute Gasteiger partial charge is 0.368 e. The van der Waals surface area contributed by atoms with Crippen LogP contribution in [0.5, 0.6) is 0 Å². The Morgan fingerprint density at radius 2 is 2.16 bits per heavy atom. The fourth-order valence-corrected chi connectivity index (χ4v) is 1.67. The summed E-state index contributed by atoms with van der Waals surface area (Å²) in [5.41, 5.74) is 5.67. The van der Waals surface area contributed by atoms with E-state index in [9.17, 15) is 0 Å². The first-order valence-electron chi connectivity index (χ1n) is 5.82. The SMILES string of the molecule is CC(CN(C)C)Nc1nc(N)nc(-n2cncn2)n1. The minimum atomic E-state index is 0.139. The van der Waals surface area contributed by atoms with Gasteiger partial charge >= 0.3 is 0 Å². The molecule has 19 heavy (non-hydrogen) atoms. The molecule has 0 bridgehead atoms. The molecule has 2 rings (SSSR count). The van der Waals surface area contributed by atoms with Gasteiger partial charge in [0.2, 0.25) is 11.9 Å². The smallest absolute Gasteiger partial charge is 0.258 e. The zero-order valence-electron chi connectivity index (χ0n) is 11.1. The highest BCUT2D eigenvalue weighted by Gasteiger charge is 2.10. The van der Waals surface area contributed by atoms with Crippen LogP contribution in [0.15, 0.2) is 12.7 Å². The molecule has 0 saturated carbocycles. The minimum absolute atomic E-state index is 0.139. The van der Waals surface area contributed by atoms with Gasteiger partial charge in [0.15, 0.2) is 0 Å². The first-order chi connectivity index (χ1) is 9.04. The minimum Gasteiger partial charge on any atom is -0.368 e. The van der Waals surface area contributed by atoms with Gasteiger partial charge in [0.1, 0.15) is 12.7 Å². The molecule has 1 unspecified atom stereocenters. The number of anilines is 2. The Bertz CT molecular complexity index is 522. The van der Waals surface area contributed by atoms with Crippen molar-refractivity contribution in [3.63, 3.8) is 0 Å². The Labute approximate surface area is 110 Å². The summed E-state index contributed by atoms with van der Waals surface area (Å²) in [5.74, 6) is 0.900. The zero-order chi connectivity index (χ0) is 13.8. The molecule has 0 aromatic carbocycles. The van der Waals surface area contributed by atoms with E-state index in [0.717, 1.165) is 6.54 Å². The molecule has 0 spiro atoms. The third-order valence-corrected chi connectivity index (χ3v) is 2.28. The lowest BCUT2D eigenvalue weighted by atomic mass is 10.3. The number of rotatable bonds is 5. The van der Waals surface area contributed by atoms with E-state index in [1.807, 2.05) is 21.0 Å². The molecule has 0 radical (unpaired) electrons. The fourth-order valence-electron chi connectivity index (χ4n) is 1.67. The predicted octanol–water partition coefficient (Wildman–Crippen LogP) is -0.603. The van der Waals surface area contributed by atoms with E-state index in [0.29, 0.717) is 11.9 Å². The Morgan fingerprint density at radius 1 is 1.37 bits per heavy atom. The van der Waals surface area contributed by atoms with E-state index >= 15 is 0 Å². The second kappa shape index (κ2) is 5.57. The summed E-state index contributed by atoms with van der Waals surface area (Å²) in [5, 5.41) is 7.13. The maximum atomic E-state index is 5.67. The molecule has 2 aromatic rings. The van der Waals surface area contributed by atoms with Gasteiger partial charge in [-0.05, 0) is 21.0 Å². The summed E-state index contributed by atoms with van der Waals surface area (Å²) < 4.78 is 1.43. The van der Waals surface area contributed by atoms with Crippen LogP contribution in [0.2, 0.25) is 0 Å². The molecule has 0 saturated heterocycles. The topological polar surface area (TPSA) is 111 Å². The Balaban J connectivity index is 2.18. The van der Waals surface area contributed by atoms with Crippen molar-refractivity contribution in [2.75, 3.05) is 31.7 Å². The normalized spacial score (nSPS) is 12.6. The number of hydrogen-bond donors (Lipinski definition) is 2. The van der Waals surface area contributed by atoms with Gasteiger partial charge in [0.25, 0.3) is 5.95 Å². The molecule has 0 amide bonds. The third-order valence-electron chi connectivity index (χ3n) is 2.28. The molecule has 102 valence electrons. The van der Waals surface area contributed by atoms with Crippen LogP contribution in [-0.2, 0) is 0 Å². The lowest BCUT2D eigenvalue weighted by molar-refractivity contribution is 0.391. The second-order valence-electron chi connectivity index (χ2n) is 4.46. The first kappa shape index (κ1) is 13.1. The van der Waals surface area contributed by atoms with Crippen molar-refractivity contribution in [3.05, 3.63) is 12.7 Å². The van der Waals surface area contributed by atoms with Crippen LogP contribution in [0, 0.1) is 0 Å². The average Bonchev–Trinajstić information content (AvgIpc) is 2.79. The number of nitrogens with one attached hydrogen (secondary N) is 1. The monoisotopic (exact) mass is 263 g/mol. The van der Waals surface area contributed by atoms with Crippen molar-refractivity contribution in [1.82, 2.24) is 34.6 Å². The number of likely N-dealkylation sites (N-methyl/N-ethyl adjacent to an activating group) is 1. The molecule has 0 aliphatic rings. The van der Waals surface area contributed by atoms with E-state index in [1.54, 1.807) is 0 Å². The maximum absolute atomic E-state index is 5.67. The standard InChI is InChI=1S/C10H17N9/c1-7(4-18(2)3)14-9-15-8(11)16-10(17-9)19-6-12-5-13-19/h5-7H,4H2,1-3H3,(H3,11,14,15,16,17). The molecule has 0 aliphatic carbocycles. The van der Waals surface area contributed by atoms with E-state index in [4.69, 9.17) is 5.73 Å². The highest BCUT2D eigenvalue weighted by molar-refractivity contribution is 5.35. The van der Waals surface area contributed by atoms with Gasteiger partial charge in [-0.25, -0.2) is 4.98 Å². The van der Waals surface area contributed by atoms with Crippen LogP contribution in [0.25, 0.3) is 5.95 Å². The third kappa shape index (κ3) is 3.58. The highest BCUT2D eigenvalue weighted by Crippen LogP contribution is 2.07. The quantitative estimate of drug-likeness (QED) is 0.735. The number of nitrogen functional groups attached to an aromatic ring is 1. The van der Waals surface area contributed by atoms with Gasteiger partial charge in [0.05, 0.1) is 0 Å². The Morgan fingerprint density at radius 3 is 2.79 bits per heavy atom. The van der Waals surface area contributed by atoms with E-state index < -0.39 is 0 Å². The lowest BCUT2D eigenvalue weighted by Crippen LogP contribution is -2.30. The van der Waals surface area contributed by atoms with Crippen LogP contribution in [0.1, 0.15) is 6.92 Å². The number of nitrogens with zero attached hydrogens (tertiary/aromatic N) is 7. The van der Waals surface area contributed by atoms with Crippen molar-refractivity contribution in [1.29, 1.82) is 0 Å². The Hall–Kier alpha value is -2.29. The van der Waals surface area contributed by atoms with Gasteiger partial charge in [-0.2, -0.15) is 24.7 Å². The van der Waals surface area contributed by atoms with Crippen LogP contribution in [0.4, 0.5) is 11.9 Å². The number of nitrogens with two attached hydrogens (primary N) is 1. The van der Waals surface area contributed by atoms with E-state index in [1.165, 1.54) is 17.3 Å². The summed E-state index contributed by atoms with van der Waals surface area (Å²) in [6.07, 6.45) is 2.91. The fraction of sp³-hybridized carbons (Fsp3) is 0.500. The summed E-state index contributed by atoms with van der Waals surface area (Å²) >= 11 is 0. The van der Waals surface area contributed by atoms with Gasteiger partial charge < -0.3 is 16.0 Å². The number of hydrogen-bond acceptors (Lipinski definition) is 8. The predicted molar refractivity (Wildman–Crippen MR) is 70.8 cm³/mol. The molecule has 0 fully saturated rings. The average molecular weight is 263 g/mol. The molecular weight excluding hydrogens is 246 g/mol. The second-order valence-corrected chi connectivity index (χ2v) is 4.46. The lowest BCUT2D eigenvalue weighted by Gasteiger charge is -2.18. The summed E-state index contributed by atoms with van der Waals surface area (Å²) in [4.78, 5) is 18.2. The Kier molecular flexibility index (Phi) is 3.85. The molecule has 1 atom stereocenters. The molecule has 3 N–H and O–H groups in total. The van der Waals surface area contributed by atoms with E-state index in [2.05, 4.69) is 35.3 Å². The van der Waals surface area contributed by atoms with Crippen molar-refractivity contribution >= 4 is 11.9 Å². The van der Waals surface area contributed by atoms with Crippen LogP contribution < -0.4 is 11.1 Å². The van der Waals surface area contributed by atoms with Crippen molar-refractivity contribution in [2.45, 2.75) is 13.0 Å². The summed E-state index contributed by atoms with van der Waals surface area (Å²) in [6, 6.07) is 0.181. The molecular formula is C10H17N9. The molecule has 2 aromatic heterocycles. The van der Waals surface area contributed by atoms with Crippen molar-refractivity contribution < 1.29 is 0 Å². The van der Waals surface area contributed by atoms with Crippen LogP contribution >= 0.6 is 0 Å². The molecule has 2 heterocycles. The van der Waals surface area contributed by atoms with Gasteiger partial charge in [-0.3, -0.25) is 0 Å². The molecule has 9 heteroatoms. The number of aromatic nitrogens is 6. The van der Waals surface area contributed by atoms with Gasteiger partial charge in [0, 0.05) is 12.6 Å². The van der Waals surface area contributed by atoms with E-state index in [-0.39, 0.29) is 12.0 Å². The van der Waals surface area contributed by atoms with Crippen LogP contribution in [-0.4, -0.2) is 61.3 Å². The summed E-state index contributed by atoms with van der Waals surface area (Å²) in [6.45, 7) is 2.89. The summed E-state index contributed by atoms with van der Waals surface area (Å²) in [7, 11) is 4.00.